The minimum Gasteiger partial charge on any atom is -0.508 e. The van der Waals surface area contributed by atoms with E-state index in [0.29, 0.717) is 5.75 Å². The number of phenols is 1. The Morgan fingerprint density at radius 1 is 1.07 bits per heavy atom. The normalized spacial score (nSPS) is 17.9. The van der Waals surface area contributed by atoms with E-state index < -0.39 is 0 Å². The third-order valence-electron chi connectivity index (χ3n) is 3.14. The lowest BCUT2D eigenvalue weighted by atomic mass is 10.1. The van der Waals surface area contributed by atoms with Crippen molar-refractivity contribution in [2.75, 3.05) is 19.6 Å². The van der Waals surface area contributed by atoms with Gasteiger partial charge in [0.1, 0.15) is 5.75 Å². The largest absolute Gasteiger partial charge is 0.508 e. The Kier molecular flexibility index (Phi) is 3.62. The Bertz CT molecular complexity index is 305. The molecule has 1 saturated heterocycles. The second-order valence-electron chi connectivity index (χ2n) is 4.28. The van der Waals surface area contributed by atoms with E-state index in [0.717, 1.165) is 18.5 Å². The van der Waals surface area contributed by atoms with E-state index in [1.54, 1.807) is 6.07 Å². The van der Waals surface area contributed by atoms with Crippen LogP contribution in [0.2, 0.25) is 0 Å². The minimum absolute atomic E-state index is 0.439. The summed E-state index contributed by atoms with van der Waals surface area (Å²) in [5, 5.41) is 9.62. The maximum absolute atomic E-state index is 9.62. The number of benzene rings is 1. The molecule has 0 amide bonds. The van der Waals surface area contributed by atoms with Crippen LogP contribution >= 0.6 is 0 Å². The number of hydrogen-bond donors (Lipinski definition) is 1. The van der Waals surface area contributed by atoms with E-state index in [1.807, 2.05) is 18.2 Å². The van der Waals surface area contributed by atoms with Crippen LogP contribution in [-0.2, 0) is 6.42 Å². The molecule has 1 heterocycles. The van der Waals surface area contributed by atoms with Gasteiger partial charge in [0.25, 0.3) is 0 Å². The Labute approximate surface area is 91.5 Å². The molecule has 1 aliphatic rings. The molecular weight excluding hydrogens is 186 g/mol. The van der Waals surface area contributed by atoms with Crippen molar-refractivity contribution >= 4 is 0 Å². The molecule has 0 unspecified atom stereocenters. The number of nitrogens with zero attached hydrogens (tertiary/aromatic N) is 1. The summed E-state index contributed by atoms with van der Waals surface area (Å²) < 4.78 is 0. The topological polar surface area (TPSA) is 23.5 Å². The summed E-state index contributed by atoms with van der Waals surface area (Å²) in [6, 6.07) is 7.65. The molecule has 2 nitrogen and oxygen atoms in total. The average Bonchev–Trinajstić information content (AvgIpc) is 2.29. The lowest BCUT2D eigenvalue weighted by Crippen LogP contribution is -2.31. The smallest absolute Gasteiger partial charge is 0.118 e. The van der Waals surface area contributed by atoms with Gasteiger partial charge in [0.15, 0.2) is 0 Å². The Hall–Kier alpha value is -1.02. The highest BCUT2D eigenvalue weighted by Crippen LogP contribution is 2.17. The average molecular weight is 205 g/mol. The molecule has 1 N–H and O–H groups in total. The molecule has 0 aliphatic carbocycles. The van der Waals surface area contributed by atoms with Crippen molar-refractivity contribution in [3.8, 4) is 5.75 Å². The quantitative estimate of drug-likeness (QED) is 0.819. The number of aromatic hydroxyl groups is 1. The van der Waals surface area contributed by atoms with Gasteiger partial charge >= 0.3 is 0 Å². The van der Waals surface area contributed by atoms with E-state index >= 15 is 0 Å². The van der Waals surface area contributed by atoms with E-state index in [-0.39, 0.29) is 0 Å². The molecule has 82 valence electrons. The number of likely N-dealkylation sites (tertiary alicyclic amines) is 1. The highest BCUT2D eigenvalue weighted by Gasteiger charge is 2.10. The maximum Gasteiger partial charge on any atom is 0.118 e. The number of piperidine rings is 1. The Balaban J connectivity index is 1.84. The molecule has 2 heteroatoms. The van der Waals surface area contributed by atoms with Crippen molar-refractivity contribution < 1.29 is 5.11 Å². The second-order valence-corrected chi connectivity index (χ2v) is 4.28. The van der Waals surface area contributed by atoms with Gasteiger partial charge in [0.05, 0.1) is 0 Å². The molecule has 0 saturated carbocycles. The van der Waals surface area contributed by atoms with Crippen LogP contribution in [0.1, 0.15) is 24.8 Å². The molecule has 0 radical (unpaired) electrons. The zero-order valence-electron chi connectivity index (χ0n) is 9.15. The van der Waals surface area contributed by atoms with Crippen molar-refractivity contribution in [1.82, 2.24) is 4.90 Å². The monoisotopic (exact) mass is 205 g/mol. The summed E-state index contributed by atoms with van der Waals surface area (Å²) in [4.78, 5) is 2.50. The van der Waals surface area contributed by atoms with Crippen molar-refractivity contribution in [2.24, 2.45) is 0 Å². The first-order chi connectivity index (χ1) is 7.36. The highest BCUT2D eigenvalue weighted by molar-refractivity contribution is 5.31. The Morgan fingerprint density at radius 2 is 1.80 bits per heavy atom. The zero-order chi connectivity index (χ0) is 10.5. The third-order valence-corrected chi connectivity index (χ3v) is 3.14. The van der Waals surface area contributed by atoms with Crippen molar-refractivity contribution in [2.45, 2.75) is 25.7 Å². The van der Waals surface area contributed by atoms with Gasteiger partial charge in [-0.3, -0.25) is 0 Å². The molecule has 0 atom stereocenters. The van der Waals surface area contributed by atoms with Gasteiger partial charge in [-0.1, -0.05) is 24.6 Å². The first kappa shape index (κ1) is 10.5. The Morgan fingerprint density at radius 3 is 2.53 bits per heavy atom. The van der Waals surface area contributed by atoms with Gasteiger partial charge < -0.3 is 10.0 Å². The first-order valence-electron chi connectivity index (χ1n) is 5.85. The molecule has 1 aromatic rings. The maximum atomic E-state index is 9.62. The van der Waals surface area contributed by atoms with E-state index in [4.69, 9.17) is 0 Å². The lowest BCUT2D eigenvalue weighted by Gasteiger charge is -2.26. The predicted octanol–water partition coefficient (Wildman–Crippen LogP) is 2.42. The lowest BCUT2D eigenvalue weighted by molar-refractivity contribution is 0.231. The minimum atomic E-state index is 0.439. The fraction of sp³-hybridized carbons (Fsp3) is 0.538. The van der Waals surface area contributed by atoms with Gasteiger partial charge in [0, 0.05) is 6.54 Å². The van der Waals surface area contributed by atoms with Crippen LogP contribution in [0.3, 0.4) is 0 Å². The predicted molar refractivity (Wildman–Crippen MR) is 62.1 cm³/mol. The van der Waals surface area contributed by atoms with Crippen LogP contribution in [0.15, 0.2) is 24.3 Å². The molecule has 1 aromatic carbocycles. The summed E-state index contributed by atoms with van der Waals surface area (Å²) in [6.45, 7) is 3.54. The van der Waals surface area contributed by atoms with E-state index in [2.05, 4.69) is 4.90 Å². The number of phenolic OH excluding ortho intramolecular Hbond substituents is 1. The summed E-state index contributed by atoms with van der Waals surface area (Å²) in [7, 11) is 0. The van der Waals surface area contributed by atoms with E-state index in [1.165, 1.54) is 32.4 Å². The van der Waals surface area contributed by atoms with Crippen LogP contribution in [0, 0.1) is 0 Å². The standard InChI is InChI=1S/C13H19NO/c15-13-7-3-2-6-12(13)8-11-14-9-4-1-5-10-14/h2-3,6-7,15H,1,4-5,8-11H2. The highest BCUT2D eigenvalue weighted by atomic mass is 16.3. The van der Waals surface area contributed by atoms with Crippen molar-refractivity contribution in [3.63, 3.8) is 0 Å². The fourth-order valence-electron chi connectivity index (χ4n) is 2.18. The molecule has 15 heavy (non-hydrogen) atoms. The third kappa shape index (κ3) is 2.96. The molecular formula is C13H19NO. The van der Waals surface area contributed by atoms with Crippen molar-refractivity contribution in [1.29, 1.82) is 0 Å². The van der Waals surface area contributed by atoms with Gasteiger partial charge in [-0.05, 0) is 44.0 Å². The SMILES string of the molecule is Oc1ccccc1CCN1CCCCC1. The molecule has 0 bridgehead atoms. The second kappa shape index (κ2) is 5.17. The van der Waals surface area contributed by atoms with Gasteiger partial charge in [-0.25, -0.2) is 0 Å². The van der Waals surface area contributed by atoms with Crippen molar-refractivity contribution in [3.05, 3.63) is 29.8 Å². The summed E-state index contributed by atoms with van der Waals surface area (Å²) in [6.07, 6.45) is 5.02. The van der Waals surface area contributed by atoms with Gasteiger partial charge in [0.2, 0.25) is 0 Å². The van der Waals surface area contributed by atoms with Crippen LogP contribution < -0.4 is 0 Å². The van der Waals surface area contributed by atoms with Crippen LogP contribution in [-0.4, -0.2) is 29.6 Å². The van der Waals surface area contributed by atoms with Crippen LogP contribution in [0.4, 0.5) is 0 Å². The molecule has 0 spiro atoms. The molecule has 0 aromatic heterocycles. The fourth-order valence-corrected chi connectivity index (χ4v) is 2.18. The van der Waals surface area contributed by atoms with Gasteiger partial charge in [-0.15, -0.1) is 0 Å². The molecule has 1 fully saturated rings. The summed E-state index contributed by atoms with van der Waals surface area (Å²) in [5.74, 6) is 0.439. The van der Waals surface area contributed by atoms with Gasteiger partial charge in [-0.2, -0.15) is 0 Å². The first-order valence-corrected chi connectivity index (χ1v) is 5.85. The number of hydrogen-bond acceptors (Lipinski definition) is 2. The molecule has 1 aliphatic heterocycles. The van der Waals surface area contributed by atoms with Crippen LogP contribution in [0.5, 0.6) is 5.75 Å². The zero-order valence-corrected chi connectivity index (χ0v) is 9.15. The summed E-state index contributed by atoms with van der Waals surface area (Å²) in [5.41, 5.74) is 1.07. The number of para-hydroxylation sites is 1. The van der Waals surface area contributed by atoms with E-state index in [9.17, 15) is 5.11 Å². The molecule has 2 rings (SSSR count). The van der Waals surface area contributed by atoms with Crippen LogP contribution in [0.25, 0.3) is 0 Å². The summed E-state index contributed by atoms with van der Waals surface area (Å²) >= 11 is 0. The number of rotatable bonds is 3.